The highest BCUT2D eigenvalue weighted by Gasteiger charge is 2.67. The van der Waals surface area contributed by atoms with Crippen molar-refractivity contribution in [2.75, 3.05) is 13.2 Å². The Morgan fingerprint density at radius 1 is 1.21 bits per heavy atom. The van der Waals surface area contributed by atoms with Crippen molar-refractivity contribution < 1.29 is 4.79 Å². The monoisotopic (exact) mass is 192 g/mol. The van der Waals surface area contributed by atoms with Crippen molar-refractivity contribution in [1.29, 1.82) is 0 Å². The summed E-state index contributed by atoms with van der Waals surface area (Å²) < 4.78 is 0. The van der Waals surface area contributed by atoms with Crippen LogP contribution in [0.5, 0.6) is 0 Å². The number of amides is 1. The average molecular weight is 192 g/mol. The first kappa shape index (κ1) is 7.69. The Morgan fingerprint density at radius 3 is 2.50 bits per heavy atom. The Balaban J connectivity index is 1.58. The largest absolute Gasteiger partial charge is 0.325 e. The molecule has 1 saturated heterocycles. The van der Waals surface area contributed by atoms with E-state index in [0.29, 0.717) is 18.5 Å². The van der Waals surface area contributed by atoms with E-state index in [1.54, 1.807) is 0 Å². The minimum absolute atomic E-state index is 0.337. The second-order valence-corrected chi connectivity index (χ2v) is 5.43. The van der Waals surface area contributed by atoms with Gasteiger partial charge in [-0.25, -0.2) is 0 Å². The Kier molecular flexibility index (Phi) is 1.28. The maximum Gasteiger partial charge on any atom is 0.237 e. The zero-order chi connectivity index (χ0) is 9.28. The lowest BCUT2D eigenvalue weighted by atomic mass is 10.0. The van der Waals surface area contributed by atoms with E-state index in [1.165, 1.54) is 19.3 Å². The van der Waals surface area contributed by atoms with Gasteiger partial charge >= 0.3 is 0 Å². The SMILES string of the molecule is O=C1CNCN1C1C2C3CCC(C3)C21. The van der Waals surface area contributed by atoms with Gasteiger partial charge in [-0.2, -0.15) is 0 Å². The van der Waals surface area contributed by atoms with E-state index in [1.807, 2.05) is 0 Å². The lowest BCUT2D eigenvalue weighted by Crippen LogP contribution is -2.32. The van der Waals surface area contributed by atoms with E-state index in [2.05, 4.69) is 10.2 Å². The molecule has 3 heteroatoms. The number of hydrogen-bond donors (Lipinski definition) is 1. The second-order valence-electron chi connectivity index (χ2n) is 5.43. The molecule has 4 fully saturated rings. The van der Waals surface area contributed by atoms with Crippen LogP contribution in [0.15, 0.2) is 0 Å². The third kappa shape index (κ3) is 0.761. The first-order chi connectivity index (χ1) is 6.86. The molecule has 4 atom stereocenters. The van der Waals surface area contributed by atoms with Crippen molar-refractivity contribution in [3.05, 3.63) is 0 Å². The summed E-state index contributed by atoms with van der Waals surface area (Å²) in [7, 11) is 0. The predicted molar refractivity (Wildman–Crippen MR) is 51.3 cm³/mol. The van der Waals surface area contributed by atoms with Crippen LogP contribution in [0.3, 0.4) is 0 Å². The van der Waals surface area contributed by atoms with Gasteiger partial charge in [0.05, 0.1) is 13.2 Å². The number of carbonyl (C=O) groups is 1. The number of carbonyl (C=O) groups excluding carboxylic acids is 1. The zero-order valence-electron chi connectivity index (χ0n) is 8.28. The summed E-state index contributed by atoms with van der Waals surface area (Å²) in [6, 6.07) is 0.642. The molecule has 2 bridgehead atoms. The van der Waals surface area contributed by atoms with Crippen LogP contribution < -0.4 is 5.32 Å². The maximum absolute atomic E-state index is 11.6. The van der Waals surface area contributed by atoms with Crippen molar-refractivity contribution in [3.63, 3.8) is 0 Å². The van der Waals surface area contributed by atoms with Gasteiger partial charge in [-0.05, 0) is 42.9 Å². The van der Waals surface area contributed by atoms with Crippen LogP contribution in [-0.4, -0.2) is 30.1 Å². The molecule has 14 heavy (non-hydrogen) atoms. The topological polar surface area (TPSA) is 32.3 Å². The number of hydrogen-bond acceptors (Lipinski definition) is 2. The van der Waals surface area contributed by atoms with Gasteiger partial charge in [-0.1, -0.05) is 0 Å². The fourth-order valence-corrected chi connectivity index (χ4v) is 4.44. The van der Waals surface area contributed by atoms with Crippen LogP contribution in [0, 0.1) is 23.7 Å². The normalized spacial score (nSPS) is 54.1. The van der Waals surface area contributed by atoms with Gasteiger partial charge in [-0.15, -0.1) is 0 Å². The molecule has 0 aromatic heterocycles. The van der Waals surface area contributed by atoms with Crippen LogP contribution >= 0.6 is 0 Å². The highest BCUT2D eigenvalue weighted by Crippen LogP contribution is 2.67. The minimum Gasteiger partial charge on any atom is -0.325 e. The minimum atomic E-state index is 0.337. The van der Waals surface area contributed by atoms with E-state index < -0.39 is 0 Å². The fourth-order valence-electron chi connectivity index (χ4n) is 4.44. The van der Waals surface area contributed by atoms with Gasteiger partial charge in [-0.3, -0.25) is 10.1 Å². The maximum atomic E-state index is 11.6. The average Bonchev–Trinajstić information content (AvgIpc) is 2.59. The van der Waals surface area contributed by atoms with E-state index in [0.717, 1.165) is 30.3 Å². The summed E-state index contributed by atoms with van der Waals surface area (Å²) in [5, 5.41) is 3.16. The fraction of sp³-hybridized carbons (Fsp3) is 0.909. The third-order valence-corrected chi connectivity index (χ3v) is 4.93. The molecule has 4 aliphatic rings. The van der Waals surface area contributed by atoms with E-state index >= 15 is 0 Å². The molecule has 0 radical (unpaired) electrons. The molecule has 3 nitrogen and oxygen atoms in total. The Morgan fingerprint density at radius 2 is 1.93 bits per heavy atom. The molecule has 1 aliphatic heterocycles. The third-order valence-electron chi connectivity index (χ3n) is 4.93. The van der Waals surface area contributed by atoms with Crippen molar-refractivity contribution in [1.82, 2.24) is 10.2 Å². The molecular weight excluding hydrogens is 176 g/mol. The summed E-state index contributed by atoms with van der Waals surface area (Å²) >= 11 is 0. The van der Waals surface area contributed by atoms with Crippen molar-refractivity contribution in [2.24, 2.45) is 23.7 Å². The molecule has 4 rings (SSSR count). The molecule has 3 aliphatic carbocycles. The molecule has 0 aromatic rings. The number of fused-ring (bicyclic) bond motifs is 5. The molecule has 0 aromatic carbocycles. The standard InChI is InChI=1S/C11H16N2O/c14-8-4-12-5-13(8)11-9-6-1-2-7(3-6)10(9)11/h6-7,9-12H,1-5H2. The summed E-state index contributed by atoms with van der Waals surface area (Å²) in [6.07, 6.45) is 4.36. The lowest BCUT2D eigenvalue weighted by molar-refractivity contribution is -0.127. The summed E-state index contributed by atoms with van der Waals surface area (Å²) in [6.45, 7) is 1.39. The van der Waals surface area contributed by atoms with Gasteiger partial charge in [0.1, 0.15) is 0 Å². The summed E-state index contributed by atoms with van der Waals surface area (Å²) in [4.78, 5) is 13.7. The van der Waals surface area contributed by atoms with Crippen LogP contribution in [0.1, 0.15) is 19.3 Å². The van der Waals surface area contributed by atoms with Gasteiger partial charge in [0.2, 0.25) is 5.91 Å². The highest BCUT2D eigenvalue weighted by molar-refractivity contribution is 5.80. The van der Waals surface area contributed by atoms with E-state index in [9.17, 15) is 4.79 Å². The van der Waals surface area contributed by atoms with Gasteiger partial charge in [0, 0.05) is 6.04 Å². The van der Waals surface area contributed by atoms with Crippen LogP contribution in [0.25, 0.3) is 0 Å². The summed E-state index contributed by atoms with van der Waals surface area (Å²) in [5.74, 6) is 4.09. The van der Waals surface area contributed by atoms with Gasteiger partial charge in [0.15, 0.2) is 0 Å². The molecule has 1 amide bonds. The van der Waals surface area contributed by atoms with Crippen molar-refractivity contribution in [3.8, 4) is 0 Å². The lowest BCUT2D eigenvalue weighted by Gasteiger charge is -2.18. The molecule has 1 N–H and O–H groups in total. The van der Waals surface area contributed by atoms with Crippen LogP contribution in [0.4, 0.5) is 0 Å². The Labute approximate surface area is 83.8 Å². The molecular formula is C11H16N2O. The van der Waals surface area contributed by atoms with E-state index in [-0.39, 0.29) is 0 Å². The van der Waals surface area contributed by atoms with Crippen molar-refractivity contribution >= 4 is 5.91 Å². The van der Waals surface area contributed by atoms with Crippen LogP contribution in [-0.2, 0) is 4.79 Å². The molecule has 1 heterocycles. The first-order valence-corrected chi connectivity index (χ1v) is 5.86. The first-order valence-electron chi connectivity index (χ1n) is 5.86. The van der Waals surface area contributed by atoms with E-state index in [4.69, 9.17) is 0 Å². The van der Waals surface area contributed by atoms with Crippen molar-refractivity contribution in [2.45, 2.75) is 25.3 Å². The molecule has 4 unspecified atom stereocenters. The van der Waals surface area contributed by atoms with Gasteiger partial charge in [0.25, 0.3) is 0 Å². The molecule has 3 saturated carbocycles. The predicted octanol–water partition coefficient (Wildman–Crippen LogP) is 0.420. The Hall–Kier alpha value is -0.570. The van der Waals surface area contributed by atoms with Gasteiger partial charge < -0.3 is 4.90 Å². The Bertz CT molecular complexity index is 288. The zero-order valence-corrected chi connectivity index (χ0v) is 8.28. The summed E-state index contributed by atoms with van der Waals surface area (Å²) in [5.41, 5.74) is 0. The van der Waals surface area contributed by atoms with Crippen LogP contribution in [0.2, 0.25) is 0 Å². The highest BCUT2D eigenvalue weighted by atomic mass is 16.2. The molecule has 0 spiro atoms. The number of rotatable bonds is 1. The second kappa shape index (κ2) is 2.32. The smallest absolute Gasteiger partial charge is 0.237 e. The molecule has 76 valence electrons. The quantitative estimate of drug-likeness (QED) is 0.653. The number of nitrogens with zero attached hydrogens (tertiary/aromatic N) is 1. The number of nitrogens with one attached hydrogen (secondary N) is 1.